The van der Waals surface area contributed by atoms with Crippen molar-refractivity contribution in [2.75, 3.05) is 0 Å². The Bertz CT molecular complexity index is 1140. The van der Waals surface area contributed by atoms with Crippen LogP contribution in [0.1, 0.15) is 38.3 Å². The van der Waals surface area contributed by atoms with Crippen LogP contribution in [0, 0.1) is 0 Å². The van der Waals surface area contributed by atoms with Crippen LogP contribution in [0.3, 0.4) is 0 Å². The third-order valence-corrected chi connectivity index (χ3v) is 5.27. The van der Waals surface area contributed by atoms with Crippen molar-refractivity contribution in [3.8, 4) is 0 Å². The normalized spacial score (nSPS) is 15.7. The average Bonchev–Trinajstić information content (AvgIpc) is 3.23. The first-order chi connectivity index (χ1) is 12.1. The molecule has 6 heteroatoms. The van der Waals surface area contributed by atoms with Gasteiger partial charge in [-0.3, -0.25) is 19.7 Å². The zero-order chi connectivity index (χ0) is 17.3. The fourth-order valence-corrected chi connectivity index (χ4v) is 4.45. The Balaban J connectivity index is 2.07. The molecule has 0 radical (unpaired) electrons. The van der Waals surface area contributed by atoms with Crippen LogP contribution >= 0.6 is 0 Å². The van der Waals surface area contributed by atoms with E-state index in [1.54, 1.807) is 0 Å². The van der Waals surface area contributed by atoms with Gasteiger partial charge < -0.3 is 10.3 Å². The van der Waals surface area contributed by atoms with Gasteiger partial charge in [0.25, 0.3) is 11.8 Å². The maximum Gasteiger partial charge on any atom is 0.259 e. The maximum atomic E-state index is 12.5. The zero-order valence-corrected chi connectivity index (χ0v) is 13.4. The number of primary amides is 1. The molecule has 1 aliphatic heterocycles. The fourth-order valence-electron chi connectivity index (χ4n) is 4.45. The number of aromatic nitrogens is 1. The summed E-state index contributed by atoms with van der Waals surface area (Å²) in [5, 5.41) is 4.07. The highest BCUT2D eigenvalue weighted by Crippen LogP contribution is 2.42. The molecule has 6 nitrogen and oxygen atoms in total. The monoisotopic (exact) mass is 333 g/mol. The minimum atomic E-state index is -0.435. The van der Waals surface area contributed by atoms with E-state index in [2.05, 4.69) is 5.32 Å². The Morgan fingerprint density at radius 1 is 1.08 bits per heavy atom. The van der Waals surface area contributed by atoms with Gasteiger partial charge in [0, 0.05) is 16.3 Å². The van der Waals surface area contributed by atoms with Crippen molar-refractivity contribution in [3.05, 3.63) is 46.5 Å². The summed E-state index contributed by atoms with van der Waals surface area (Å²) in [6.45, 7) is 0.0464. The Hall–Kier alpha value is -3.15. The van der Waals surface area contributed by atoms with Gasteiger partial charge >= 0.3 is 0 Å². The number of nitrogens with two attached hydrogens (primary N) is 1. The molecule has 3 aromatic rings. The quantitative estimate of drug-likeness (QED) is 0.698. The van der Waals surface area contributed by atoms with Crippen molar-refractivity contribution < 1.29 is 14.4 Å². The van der Waals surface area contributed by atoms with Crippen molar-refractivity contribution in [3.63, 3.8) is 0 Å². The molecule has 0 atom stereocenters. The fraction of sp³-hybridized carbons (Fsp3) is 0.211. The lowest BCUT2D eigenvalue weighted by atomic mass is 9.93. The van der Waals surface area contributed by atoms with E-state index in [0.717, 1.165) is 52.2 Å². The van der Waals surface area contributed by atoms with Gasteiger partial charge in [-0.1, -0.05) is 18.2 Å². The third kappa shape index (κ3) is 1.71. The lowest BCUT2D eigenvalue weighted by molar-refractivity contribution is -0.118. The number of imide groups is 1. The molecule has 3 N–H and O–H groups in total. The van der Waals surface area contributed by atoms with Gasteiger partial charge in [0.05, 0.1) is 16.6 Å². The molecule has 0 saturated carbocycles. The van der Waals surface area contributed by atoms with E-state index in [9.17, 15) is 14.4 Å². The lowest BCUT2D eigenvalue weighted by Crippen LogP contribution is -2.20. The number of fused-ring (bicyclic) bond motifs is 8. The Morgan fingerprint density at radius 3 is 2.60 bits per heavy atom. The number of para-hydroxylation sites is 1. The average molecular weight is 333 g/mol. The van der Waals surface area contributed by atoms with Crippen molar-refractivity contribution in [1.82, 2.24) is 9.88 Å². The molecule has 25 heavy (non-hydrogen) atoms. The van der Waals surface area contributed by atoms with E-state index in [1.165, 1.54) is 0 Å². The minimum Gasteiger partial charge on any atom is -0.368 e. The molecule has 1 aromatic heterocycles. The summed E-state index contributed by atoms with van der Waals surface area (Å²) in [6, 6.07) is 7.63. The molecule has 0 bridgehead atoms. The number of aryl methyl sites for hydroxylation is 1. The van der Waals surface area contributed by atoms with Gasteiger partial charge in [0.2, 0.25) is 5.91 Å². The second-order valence-electron chi connectivity index (χ2n) is 6.64. The van der Waals surface area contributed by atoms with E-state index in [1.807, 2.05) is 28.8 Å². The summed E-state index contributed by atoms with van der Waals surface area (Å²) in [4.78, 5) is 36.6. The highest BCUT2D eigenvalue weighted by atomic mass is 16.2. The van der Waals surface area contributed by atoms with Crippen molar-refractivity contribution in [2.24, 2.45) is 5.73 Å². The Kier molecular flexibility index (Phi) is 2.67. The number of nitrogens with one attached hydrogen (secondary N) is 1. The first kappa shape index (κ1) is 14.2. The summed E-state index contributed by atoms with van der Waals surface area (Å²) in [6.07, 6.45) is 2.53. The topological polar surface area (TPSA) is 94.2 Å². The van der Waals surface area contributed by atoms with Crippen LogP contribution in [0.25, 0.3) is 21.8 Å². The molecule has 5 rings (SSSR count). The molecular formula is C19H15N3O3. The molecule has 2 heterocycles. The highest BCUT2D eigenvalue weighted by Gasteiger charge is 2.37. The van der Waals surface area contributed by atoms with Gasteiger partial charge in [0.1, 0.15) is 6.54 Å². The first-order valence-corrected chi connectivity index (χ1v) is 8.30. The molecule has 0 saturated heterocycles. The van der Waals surface area contributed by atoms with Gasteiger partial charge in [0.15, 0.2) is 0 Å². The summed E-state index contributed by atoms with van der Waals surface area (Å²) in [5.41, 5.74) is 10.2. The molecule has 2 aromatic carbocycles. The smallest absolute Gasteiger partial charge is 0.259 e. The number of hydrogen-bond donors (Lipinski definition) is 2. The molecule has 0 fully saturated rings. The van der Waals surface area contributed by atoms with Crippen molar-refractivity contribution in [1.29, 1.82) is 0 Å². The van der Waals surface area contributed by atoms with E-state index in [-0.39, 0.29) is 18.4 Å². The second-order valence-corrected chi connectivity index (χ2v) is 6.64. The molecular weight excluding hydrogens is 318 g/mol. The SMILES string of the molecule is NC(=O)Cn1c2ccccc2c2c3c(c4c(c21)CCC4)C(=O)NC3=O. The molecule has 1 aliphatic carbocycles. The minimum absolute atomic E-state index is 0.0464. The van der Waals surface area contributed by atoms with Gasteiger partial charge in [-0.25, -0.2) is 0 Å². The Labute approximate surface area is 142 Å². The van der Waals surface area contributed by atoms with Crippen LogP contribution in [0.15, 0.2) is 24.3 Å². The summed E-state index contributed by atoms with van der Waals surface area (Å²) >= 11 is 0. The van der Waals surface area contributed by atoms with Crippen molar-refractivity contribution >= 4 is 39.5 Å². The van der Waals surface area contributed by atoms with Crippen LogP contribution in [-0.4, -0.2) is 22.3 Å². The summed E-state index contributed by atoms with van der Waals surface area (Å²) < 4.78 is 1.90. The number of benzene rings is 2. The number of carbonyl (C=O) groups excluding carboxylic acids is 3. The van der Waals surface area contributed by atoms with Crippen LogP contribution in [0.4, 0.5) is 0 Å². The first-order valence-electron chi connectivity index (χ1n) is 8.30. The van der Waals surface area contributed by atoms with Crippen LogP contribution in [0.2, 0.25) is 0 Å². The number of carbonyl (C=O) groups is 3. The number of nitrogens with zero attached hydrogens (tertiary/aromatic N) is 1. The molecule has 0 spiro atoms. The van der Waals surface area contributed by atoms with E-state index < -0.39 is 5.91 Å². The lowest BCUT2D eigenvalue weighted by Gasteiger charge is -2.11. The molecule has 2 aliphatic rings. The van der Waals surface area contributed by atoms with Crippen LogP contribution in [-0.2, 0) is 24.2 Å². The predicted octanol–water partition coefficient (Wildman–Crippen LogP) is 1.65. The summed E-state index contributed by atoms with van der Waals surface area (Å²) in [5.74, 6) is -1.11. The van der Waals surface area contributed by atoms with E-state index in [4.69, 9.17) is 5.73 Å². The zero-order valence-electron chi connectivity index (χ0n) is 13.4. The number of amides is 3. The van der Waals surface area contributed by atoms with Gasteiger partial charge in [-0.05, 0) is 36.5 Å². The van der Waals surface area contributed by atoms with E-state index >= 15 is 0 Å². The van der Waals surface area contributed by atoms with Gasteiger partial charge in [-0.2, -0.15) is 0 Å². The maximum absolute atomic E-state index is 12.5. The van der Waals surface area contributed by atoms with Crippen LogP contribution in [0.5, 0.6) is 0 Å². The standard InChI is InChI=1S/C19H15N3O3/c20-13(23)8-22-12-7-2-1-4-11(12)14-16-15(18(24)21-19(16)25)9-5-3-6-10(9)17(14)22/h1-2,4,7H,3,5-6,8H2,(H2,20,23)(H,21,24,25). The Morgan fingerprint density at radius 2 is 1.80 bits per heavy atom. The second kappa shape index (κ2) is 4.69. The number of rotatable bonds is 2. The highest BCUT2D eigenvalue weighted by molar-refractivity contribution is 6.31. The van der Waals surface area contributed by atoms with Gasteiger partial charge in [-0.15, -0.1) is 0 Å². The van der Waals surface area contributed by atoms with E-state index in [0.29, 0.717) is 11.1 Å². The molecule has 124 valence electrons. The molecule has 3 amide bonds. The summed E-state index contributed by atoms with van der Waals surface area (Å²) in [7, 11) is 0. The predicted molar refractivity (Wildman–Crippen MR) is 92.5 cm³/mol. The third-order valence-electron chi connectivity index (χ3n) is 5.27. The van der Waals surface area contributed by atoms with Crippen molar-refractivity contribution in [2.45, 2.75) is 25.8 Å². The largest absolute Gasteiger partial charge is 0.368 e. The van der Waals surface area contributed by atoms with Crippen LogP contribution < -0.4 is 11.1 Å². The molecule has 0 unspecified atom stereocenters. The number of hydrogen-bond acceptors (Lipinski definition) is 3.